The number of esters is 2. The first-order valence-corrected chi connectivity index (χ1v) is 24.6. The van der Waals surface area contributed by atoms with Crippen LogP contribution in [0.15, 0.2) is 58.5 Å². The quantitative estimate of drug-likeness (QED) is 0.0885. The second-order valence-electron chi connectivity index (χ2n) is 19.4. The maximum absolute atomic E-state index is 13.3. The summed E-state index contributed by atoms with van der Waals surface area (Å²) in [6, 6.07) is 13.3. The van der Waals surface area contributed by atoms with Gasteiger partial charge in [-0.25, -0.2) is 0 Å². The van der Waals surface area contributed by atoms with Gasteiger partial charge in [0.05, 0.1) is 24.3 Å². The number of aliphatic imine (C=N–C) groups is 2. The van der Waals surface area contributed by atoms with Gasteiger partial charge in [-0.2, -0.15) is 0 Å². The van der Waals surface area contributed by atoms with Crippen LogP contribution in [0, 0.1) is 41.5 Å². The van der Waals surface area contributed by atoms with E-state index >= 15 is 0 Å². The Labute approximate surface area is 409 Å². The second-order valence-corrected chi connectivity index (χ2v) is 21.8. The number of benzene rings is 2. The lowest BCUT2D eigenvalue weighted by atomic mass is 9.98. The maximum Gasteiger partial charge on any atom is 0.308 e. The molecule has 2 atom stereocenters. The summed E-state index contributed by atoms with van der Waals surface area (Å²) in [5.41, 5.74) is 6.62. The number of aromatic nitrogens is 6. The highest BCUT2D eigenvalue weighted by atomic mass is 32.1. The predicted molar refractivity (Wildman–Crippen MR) is 267 cm³/mol. The molecule has 0 saturated heterocycles. The zero-order chi connectivity index (χ0) is 49.7. The van der Waals surface area contributed by atoms with Gasteiger partial charge in [-0.05, 0) is 125 Å². The van der Waals surface area contributed by atoms with E-state index in [9.17, 15) is 19.2 Å². The van der Waals surface area contributed by atoms with Crippen molar-refractivity contribution in [3.63, 3.8) is 0 Å². The topological polar surface area (TPSA) is 197 Å². The molecule has 0 bridgehead atoms. The van der Waals surface area contributed by atoms with Crippen LogP contribution >= 0.6 is 22.7 Å². The van der Waals surface area contributed by atoms with Gasteiger partial charge in [-0.3, -0.25) is 38.3 Å². The minimum Gasteiger partial charge on any atom is -0.460 e. The Bertz CT molecular complexity index is 2850. The summed E-state index contributed by atoms with van der Waals surface area (Å²) in [6.07, 6.45) is 0.473. The molecular formula is C51H58N10O6S2. The molecule has 2 aliphatic rings. The molecule has 0 fully saturated rings. The Morgan fingerprint density at radius 3 is 1.28 bits per heavy atom. The number of hydrogen-bond acceptors (Lipinski definition) is 14. The first kappa shape index (κ1) is 48.8. The Balaban J connectivity index is 0.913. The van der Waals surface area contributed by atoms with E-state index in [2.05, 4.69) is 58.7 Å². The molecule has 0 radical (unpaired) electrons. The van der Waals surface area contributed by atoms with E-state index < -0.39 is 23.3 Å². The average molecular weight is 971 g/mol. The van der Waals surface area contributed by atoms with Gasteiger partial charge < -0.3 is 20.1 Å². The minimum atomic E-state index is -0.659. The van der Waals surface area contributed by atoms with Crippen LogP contribution in [0.3, 0.4) is 0 Å². The van der Waals surface area contributed by atoms with E-state index in [1.807, 2.05) is 88.8 Å². The minimum absolute atomic E-state index is 0.0156. The van der Waals surface area contributed by atoms with Crippen molar-refractivity contribution in [3.8, 4) is 10.0 Å². The van der Waals surface area contributed by atoms with Gasteiger partial charge in [0, 0.05) is 56.2 Å². The van der Waals surface area contributed by atoms with Crippen LogP contribution in [0.25, 0.3) is 10.0 Å². The number of carbonyl (C=O) groups excluding carboxylic acids is 4. The molecule has 69 heavy (non-hydrogen) atoms. The summed E-state index contributed by atoms with van der Waals surface area (Å²) in [7, 11) is 0. The predicted octanol–water partition coefficient (Wildman–Crippen LogP) is 8.62. The van der Waals surface area contributed by atoms with Crippen molar-refractivity contribution in [2.45, 2.75) is 126 Å². The molecule has 6 heterocycles. The van der Waals surface area contributed by atoms with Crippen LogP contribution in [0.1, 0.15) is 160 Å². The Morgan fingerprint density at radius 1 is 0.565 bits per heavy atom. The monoisotopic (exact) mass is 970 g/mol. The molecule has 2 aromatic carbocycles. The third-order valence-corrected chi connectivity index (χ3v) is 14.2. The lowest BCUT2D eigenvalue weighted by Gasteiger charge is -2.21. The van der Waals surface area contributed by atoms with Crippen LogP contribution in [0.2, 0.25) is 0 Å². The lowest BCUT2D eigenvalue weighted by Crippen LogP contribution is -2.30. The average Bonchev–Trinajstić information content (AvgIpc) is 3.97. The summed E-state index contributed by atoms with van der Waals surface area (Å²) in [5, 5.41) is 25.5. The van der Waals surface area contributed by atoms with Gasteiger partial charge in [0.15, 0.2) is 11.6 Å². The van der Waals surface area contributed by atoms with Gasteiger partial charge in [-0.15, -0.1) is 43.1 Å². The van der Waals surface area contributed by atoms with Crippen LogP contribution in [0.5, 0.6) is 0 Å². The molecule has 360 valence electrons. The van der Waals surface area contributed by atoms with Crippen molar-refractivity contribution < 1.29 is 28.7 Å². The number of nitrogens with zero attached hydrogens (tertiary/aromatic N) is 8. The van der Waals surface area contributed by atoms with Crippen LogP contribution in [0.4, 0.5) is 0 Å². The van der Waals surface area contributed by atoms with Crippen molar-refractivity contribution in [2.75, 3.05) is 13.1 Å². The van der Waals surface area contributed by atoms with Crippen molar-refractivity contribution >= 4 is 57.8 Å². The highest BCUT2D eigenvalue weighted by Crippen LogP contribution is 2.41. The summed E-state index contributed by atoms with van der Waals surface area (Å²) < 4.78 is 15.4. The fraction of sp³-hybridized carbons (Fsp3) is 0.412. The highest BCUT2D eigenvalue weighted by Gasteiger charge is 2.35. The zero-order valence-electron chi connectivity index (χ0n) is 41.2. The van der Waals surface area contributed by atoms with E-state index in [1.165, 1.54) is 0 Å². The molecule has 16 nitrogen and oxygen atoms in total. The number of amides is 2. The van der Waals surface area contributed by atoms with Gasteiger partial charge in [0.2, 0.25) is 0 Å². The molecular weight excluding hydrogens is 913 g/mol. The fourth-order valence-electron chi connectivity index (χ4n) is 8.39. The van der Waals surface area contributed by atoms with Gasteiger partial charge >= 0.3 is 11.9 Å². The summed E-state index contributed by atoms with van der Waals surface area (Å²) in [6.45, 7) is 23.7. The number of rotatable bonds is 12. The van der Waals surface area contributed by atoms with E-state index in [0.29, 0.717) is 65.4 Å². The first-order chi connectivity index (χ1) is 32.6. The van der Waals surface area contributed by atoms with E-state index in [4.69, 9.17) is 19.5 Å². The highest BCUT2D eigenvalue weighted by molar-refractivity contribution is 7.15. The third kappa shape index (κ3) is 10.2. The molecule has 0 aliphatic carbocycles. The lowest BCUT2D eigenvalue weighted by molar-refractivity contribution is -0.156. The van der Waals surface area contributed by atoms with Gasteiger partial charge in [0.25, 0.3) is 11.8 Å². The summed E-state index contributed by atoms with van der Waals surface area (Å²) in [4.78, 5) is 65.6. The van der Waals surface area contributed by atoms with Crippen LogP contribution in [-0.4, -0.2) is 89.0 Å². The van der Waals surface area contributed by atoms with Gasteiger partial charge in [0.1, 0.15) is 44.9 Å². The molecule has 0 saturated carbocycles. The standard InChI is InChI=1S/C51H58N10O6S2/c1-26-28(3)68-48-40(26)42(54-36(24-38(62)66-50(7,8)9)44-58-56-30(5)60(44)48)32-14-18-34(19-15-32)46(64)52-22-13-23-53-47(65)35-20-16-33(17-21-35)43-41-27(2)29(4)69-49(41)61-31(6)57-59-45(61)37(55-43)25-39(63)67-51(10,11)12/h14-21,36-37H,13,22-25H2,1-12H3,(H,52,64)(H,53,65)/t36-,37-/m0/s1. The Hall–Kier alpha value is -6.66. The van der Waals surface area contributed by atoms with E-state index in [-0.39, 0.29) is 36.6 Å². The molecule has 2 amide bonds. The number of nitrogens with one attached hydrogen (secondary N) is 2. The largest absolute Gasteiger partial charge is 0.460 e. The second kappa shape index (κ2) is 19.0. The normalized spacial score (nSPS) is 15.4. The molecule has 2 N–H and O–H groups in total. The Kier molecular flexibility index (Phi) is 13.5. The fourth-order valence-corrected chi connectivity index (χ4v) is 10.8. The number of ether oxygens (including phenoxy) is 2. The zero-order valence-corrected chi connectivity index (χ0v) is 42.8. The molecule has 4 aromatic heterocycles. The maximum atomic E-state index is 13.3. The summed E-state index contributed by atoms with van der Waals surface area (Å²) in [5.74, 6) is 1.26. The molecule has 6 aromatic rings. The van der Waals surface area contributed by atoms with Crippen molar-refractivity contribution in [1.29, 1.82) is 0 Å². The van der Waals surface area contributed by atoms with Crippen LogP contribution in [-0.2, 0) is 19.1 Å². The van der Waals surface area contributed by atoms with Gasteiger partial charge in [-0.1, -0.05) is 24.3 Å². The molecule has 8 rings (SSSR count). The van der Waals surface area contributed by atoms with Crippen molar-refractivity contribution in [3.05, 3.63) is 126 Å². The number of hydrogen-bond donors (Lipinski definition) is 2. The SMILES string of the molecule is Cc1sc2c(c1C)C(c1ccc(C(=O)NCCCNC(=O)c3ccc(C4=N[C@@H](CC(=O)OC(C)(C)C)c5nnc(C)n5-c5sc(C)c(C)c54)cc3)cc1)=N[C@@H](CC(=O)OC(C)(C)C)c1nnc(C)n1-2. The summed E-state index contributed by atoms with van der Waals surface area (Å²) >= 11 is 3.25. The number of carbonyl (C=O) groups is 4. The van der Waals surface area contributed by atoms with Crippen LogP contribution < -0.4 is 10.6 Å². The molecule has 2 aliphatic heterocycles. The third-order valence-electron chi connectivity index (χ3n) is 11.8. The molecule has 0 spiro atoms. The molecule has 0 unspecified atom stereocenters. The number of thiophene rings is 2. The molecule has 18 heteroatoms. The van der Waals surface area contributed by atoms with Crippen molar-refractivity contribution in [2.24, 2.45) is 9.98 Å². The smallest absolute Gasteiger partial charge is 0.308 e. The number of aryl methyl sites for hydroxylation is 4. The van der Waals surface area contributed by atoms with Crippen molar-refractivity contribution in [1.82, 2.24) is 40.2 Å². The van der Waals surface area contributed by atoms with E-state index in [0.717, 1.165) is 53.1 Å². The van der Waals surface area contributed by atoms with E-state index in [1.54, 1.807) is 46.9 Å². The Morgan fingerprint density at radius 2 is 0.928 bits per heavy atom. The number of fused-ring (bicyclic) bond motifs is 6. The first-order valence-electron chi connectivity index (χ1n) is 23.0.